The Morgan fingerprint density at radius 3 is 3.15 bits per heavy atom. The van der Waals surface area contributed by atoms with E-state index >= 15 is 0 Å². The van der Waals surface area contributed by atoms with E-state index in [-0.39, 0.29) is 11.8 Å². The summed E-state index contributed by atoms with van der Waals surface area (Å²) in [6, 6.07) is 8.08. The minimum absolute atomic E-state index is 0.201. The van der Waals surface area contributed by atoms with Crippen molar-refractivity contribution in [3.63, 3.8) is 0 Å². The lowest BCUT2D eigenvalue weighted by molar-refractivity contribution is 0.210. The van der Waals surface area contributed by atoms with Gasteiger partial charge in [0.25, 0.3) is 0 Å². The van der Waals surface area contributed by atoms with Crippen LogP contribution >= 0.6 is 11.3 Å². The highest BCUT2D eigenvalue weighted by Gasteiger charge is 2.21. The van der Waals surface area contributed by atoms with Crippen LogP contribution in [0.4, 0.5) is 14.3 Å². The molecule has 1 N–H and O–H groups in total. The first-order valence-electron chi connectivity index (χ1n) is 8.35. The molecule has 0 spiro atoms. The number of halogens is 1. The van der Waals surface area contributed by atoms with Crippen LogP contribution in [0.5, 0.6) is 0 Å². The highest BCUT2D eigenvalue weighted by molar-refractivity contribution is 7.15. The van der Waals surface area contributed by atoms with Gasteiger partial charge in [-0.05, 0) is 30.2 Å². The number of fused-ring (bicyclic) bond motifs is 1. The average molecular weight is 372 g/mol. The number of nitrogens with zero attached hydrogens (tertiary/aromatic N) is 3. The number of nitrogens with one attached hydrogen (secondary N) is 1. The quantitative estimate of drug-likeness (QED) is 0.758. The summed E-state index contributed by atoms with van der Waals surface area (Å²) in [5.74, 6) is 0.675. The molecule has 8 heteroatoms. The van der Waals surface area contributed by atoms with Gasteiger partial charge in [-0.25, -0.2) is 9.18 Å². The zero-order valence-corrected chi connectivity index (χ0v) is 14.8. The third kappa shape index (κ3) is 3.75. The summed E-state index contributed by atoms with van der Waals surface area (Å²) < 4.78 is 18.7. The molecule has 0 unspecified atom stereocenters. The third-order valence-corrected chi connectivity index (χ3v) is 5.08. The molecule has 0 aliphatic carbocycles. The van der Waals surface area contributed by atoms with E-state index in [2.05, 4.69) is 15.5 Å². The van der Waals surface area contributed by atoms with Gasteiger partial charge in [0.1, 0.15) is 16.6 Å². The van der Waals surface area contributed by atoms with Crippen molar-refractivity contribution in [3.05, 3.63) is 64.3 Å². The highest BCUT2D eigenvalue weighted by Crippen LogP contribution is 2.22. The lowest BCUT2D eigenvalue weighted by atomic mass is 10.1. The summed E-state index contributed by atoms with van der Waals surface area (Å²) >= 11 is 1.30. The van der Waals surface area contributed by atoms with Crippen LogP contribution in [0.15, 0.2) is 41.0 Å². The van der Waals surface area contributed by atoms with Gasteiger partial charge in [0, 0.05) is 24.9 Å². The third-order valence-electron chi connectivity index (χ3n) is 4.24. The maximum Gasteiger partial charge on any atom is 0.323 e. The van der Waals surface area contributed by atoms with Crippen molar-refractivity contribution in [1.82, 2.24) is 15.1 Å². The Bertz CT molecular complexity index is 923. The number of hydrogen-bond acceptors (Lipinski definition) is 5. The van der Waals surface area contributed by atoms with E-state index in [1.165, 1.54) is 23.5 Å². The van der Waals surface area contributed by atoms with Crippen molar-refractivity contribution in [3.8, 4) is 0 Å². The van der Waals surface area contributed by atoms with Crippen molar-refractivity contribution in [1.29, 1.82) is 0 Å². The Morgan fingerprint density at radius 1 is 1.35 bits per heavy atom. The molecule has 0 saturated carbocycles. The molecule has 3 aromatic rings. The van der Waals surface area contributed by atoms with E-state index in [0.29, 0.717) is 24.6 Å². The Labute approximate surface area is 153 Å². The smallest absolute Gasteiger partial charge is 0.323 e. The molecule has 2 aromatic heterocycles. The molecule has 0 radical (unpaired) electrons. The Kier molecular flexibility index (Phi) is 4.66. The summed E-state index contributed by atoms with van der Waals surface area (Å²) in [5, 5.41) is 12.1. The van der Waals surface area contributed by atoms with E-state index in [9.17, 15) is 9.18 Å². The maximum atomic E-state index is 13.3. The Morgan fingerprint density at radius 2 is 2.27 bits per heavy atom. The summed E-state index contributed by atoms with van der Waals surface area (Å²) in [4.78, 5) is 14.3. The fourth-order valence-corrected chi connectivity index (χ4v) is 3.75. The average Bonchev–Trinajstić information content (AvgIpc) is 3.19. The number of aryl methyl sites for hydroxylation is 1. The van der Waals surface area contributed by atoms with Crippen LogP contribution in [-0.4, -0.2) is 27.7 Å². The molecule has 2 amide bonds. The fraction of sp³-hybridized carbons (Fsp3) is 0.278. The largest absolute Gasteiger partial charge is 0.469 e. The van der Waals surface area contributed by atoms with Gasteiger partial charge in [-0.3, -0.25) is 5.32 Å². The molecule has 3 heterocycles. The first-order valence-corrected chi connectivity index (χ1v) is 9.17. The number of aromatic nitrogens is 2. The predicted molar refractivity (Wildman–Crippen MR) is 95.6 cm³/mol. The fourth-order valence-electron chi connectivity index (χ4n) is 2.98. The maximum absolute atomic E-state index is 13.3. The molecule has 0 fully saturated rings. The summed E-state index contributed by atoms with van der Waals surface area (Å²) in [7, 11) is 0. The van der Waals surface area contributed by atoms with Gasteiger partial charge in [0.05, 0.1) is 12.8 Å². The van der Waals surface area contributed by atoms with Crippen LogP contribution in [-0.2, 0) is 19.4 Å². The second kappa shape index (κ2) is 7.25. The number of urea groups is 1. The number of anilines is 1. The number of carbonyl (C=O) groups excluding carboxylic acids is 1. The highest BCUT2D eigenvalue weighted by atomic mass is 32.1. The van der Waals surface area contributed by atoms with Gasteiger partial charge in [-0.1, -0.05) is 23.5 Å². The number of rotatable bonds is 3. The number of hydrogen-bond donors (Lipinski definition) is 1. The van der Waals surface area contributed by atoms with Gasteiger partial charge in [0.2, 0.25) is 5.13 Å². The molecule has 4 rings (SSSR count). The number of benzene rings is 1. The molecule has 1 aliphatic heterocycles. The summed E-state index contributed by atoms with van der Waals surface area (Å²) in [6.07, 6.45) is 3.83. The normalized spacial score (nSPS) is 14.0. The molecular weight excluding hydrogens is 355 g/mol. The second-order valence-corrected chi connectivity index (χ2v) is 7.19. The van der Waals surface area contributed by atoms with Crippen molar-refractivity contribution in [2.24, 2.45) is 0 Å². The van der Waals surface area contributed by atoms with Crippen molar-refractivity contribution in [2.45, 2.75) is 25.8 Å². The zero-order valence-electron chi connectivity index (χ0n) is 13.9. The van der Waals surface area contributed by atoms with Gasteiger partial charge < -0.3 is 9.32 Å². The first-order chi connectivity index (χ1) is 12.7. The lowest BCUT2D eigenvalue weighted by Crippen LogP contribution is -2.34. The van der Waals surface area contributed by atoms with E-state index in [0.717, 1.165) is 34.7 Å². The van der Waals surface area contributed by atoms with Gasteiger partial charge in [-0.2, -0.15) is 0 Å². The lowest BCUT2D eigenvalue weighted by Gasteiger charge is -2.19. The van der Waals surface area contributed by atoms with Crippen LogP contribution in [0, 0.1) is 5.82 Å². The summed E-state index contributed by atoms with van der Waals surface area (Å²) in [6.45, 7) is 1.18. The number of amides is 2. The Balaban J connectivity index is 1.40. The summed E-state index contributed by atoms with van der Waals surface area (Å²) in [5.41, 5.74) is 1.86. The van der Waals surface area contributed by atoms with Gasteiger partial charge >= 0.3 is 6.03 Å². The zero-order chi connectivity index (χ0) is 17.9. The molecule has 1 aliphatic rings. The molecule has 0 bridgehead atoms. The van der Waals surface area contributed by atoms with Crippen LogP contribution in [0.25, 0.3) is 0 Å². The van der Waals surface area contributed by atoms with Crippen molar-refractivity contribution >= 4 is 22.5 Å². The number of carbonyl (C=O) groups is 1. The van der Waals surface area contributed by atoms with E-state index < -0.39 is 0 Å². The topological polar surface area (TPSA) is 71.3 Å². The van der Waals surface area contributed by atoms with Gasteiger partial charge in [-0.15, -0.1) is 10.2 Å². The SMILES string of the molecule is O=C(Nc1nnc(Cc2cccc(F)c2)s1)N1CCCc2occc2C1. The molecule has 26 heavy (non-hydrogen) atoms. The number of furan rings is 1. The minimum Gasteiger partial charge on any atom is -0.469 e. The van der Waals surface area contributed by atoms with Crippen molar-refractivity contribution in [2.75, 3.05) is 11.9 Å². The van der Waals surface area contributed by atoms with E-state index in [1.807, 2.05) is 12.1 Å². The molecule has 1 aromatic carbocycles. The van der Waals surface area contributed by atoms with E-state index in [1.54, 1.807) is 17.2 Å². The van der Waals surface area contributed by atoms with Crippen LogP contribution in [0.2, 0.25) is 0 Å². The second-order valence-electron chi connectivity index (χ2n) is 6.13. The van der Waals surface area contributed by atoms with Crippen LogP contribution in [0.1, 0.15) is 28.3 Å². The standard InChI is InChI=1S/C18H17FN4O2S/c19-14-4-1-3-12(9-14)10-16-21-22-17(26-16)20-18(24)23-7-2-5-15-13(11-23)6-8-25-15/h1,3-4,6,8-9H,2,5,7,10-11H2,(H,20,22,24). The van der Waals surface area contributed by atoms with Gasteiger partial charge in [0.15, 0.2) is 0 Å². The van der Waals surface area contributed by atoms with Crippen LogP contribution < -0.4 is 5.32 Å². The predicted octanol–water partition coefficient (Wildman–Crippen LogP) is 3.84. The molecule has 134 valence electrons. The van der Waals surface area contributed by atoms with Crippen molar-refractivity contribution < 1.29 is 13.6 Å². The molecule has 6 nitrogen and oxygen atoms in total. The molecular formula is C18H17FN4O2S. The molecule has 0 saturated heterocycles. The first kappa shape index (κ1) is 16.7. The van der Waals surface area contributed by atoms with E-state index in [4.69, 9.17) is 4.42 Å². The monoisotopic (exact) mass is 372 g/mol. The Hall–Kier alpha value is -2.74. The molecule has 0 atom stereocenters. The van der Waals surface area contributed by atoms with Crippen LogP contribution in [0.3, 0.4) is 0 Å². The minimum atomic E-state index is -0.277.